The van der Waals surface area contributed by atoms with E-state index in [4.69, 9.17) is 0 Å². The Kier molecular flexibility index (Phi) is 5.45. The topological polar surface area (TPSA) is 58.4 Å². The molecule has 1 unspecified atom stereocenters. The predicted octanol–water partition coefficient (Wildman–Crippen LogP) is 3.94. The van der Waals surface area contributed by atoms with Crippen molar-refractivity contribution in [2.24, 2.45) is 11.8 Å². The minimum atomic E-state index is -0.233. The fraction of sp³-hybridized carbons (Fsp3) is 0.423. The maximum atomic E-state index is 13.1. The molecular weight excluding hydrogens is 400 g/mol. The van der Waals surface area contributed by atoms with Gasteiger partial charge >= 0.3 is 0 Å². The van der Waals surface area contributed by atoms with Crippen molar-refractivity contribution >= 4 is 28.5 Å². The number of piperidine rings is 1. The third-order valence-electron chi connectivity index (χ3n) is 7.16. The third-order valence-corrected chi connectivity index (χ3v) is 7.16. The Balaban J connectivity index is 1.19. The lowest BCUT2D eigenvalue weighted by Crippen LogP contribution is -2.43. The largest absolute Gasteiger partial charge is 0.342 e. The Morgan fingerprint density at radius 1 is 1.06 bits per heavy atom. The second kappa shape index (κ2) is 8.41. The Morgan fingerprint density at radius 3 is 2.53 bits per heavy atom. The summed E-state index contributed by atoms with van der Waals surface area (Å²) in [6.07, 6.45) is 4.23. The smallest absolute Gasteiger partial charge is 0.228 e. The number of aryl methyl sites for hydroxylation is 2. The highest BCUT2D eigenvalue weighted by atomic mass is 16.2. The van der Waals surface area contributed by atoms with Gasteiger partial charge in [-0.05, 0) is 68.0 Å². The van der Waals surface area contributed by atoms with E-state index in [1.165, 1.54) is 16.6 Å². The van der Waals surface area contributed by atoms with E-state index in [1.54, 1.807) is 4.90 Å². The molecule has 2 saturated heterocycles. The maximum Gasteiger partial charge on any atom is 0.228 e. The number of para-hydroxylation sites is 1. The van der Waals surface area contributed by atoms with Crippen LogP contribution in [0, 0.1) is 25.7 Å². The van der Waals surface area contributed by atoms with Crippen molar-refractivity contribution in [1.29, 1.82) is 0 Å². The summed E-state index contributed by atoms with van der Waals surface area (Å²) in [5, 5.41) is 0. The molecule has 0 saturated carbocycles. The molecule has 0 aliphatic carbocycles. The molecule has 2 aliphatic heterocycles. The minimum Gasteiger partial charge on any atom is -0.342 e. The first kappa shape index (κ1) is 20.7. The zero-order valence-corrected chi connectivity index (χ0v) is 18.8. The summed E-state index contributed by atoms with van der Waals surface area (Å²) in [5.41, 5.74) is 5.68. The van der Waals surface area contributed by atoms with E-state index in [9.17, 15) is 9.59 Å². The van der Waals surface area contributed by atoms with Gasteiger partial charge in [-0.15, -0.1) is 0 Å². The molecule has 1 atom stereocenters. The normalized spacial score (nSPS) is 19.8. The predicted molar refractivity (Wildman–Crippen MR) is 125 cm³/mol. The van der Waals surface area contributed by atoms with Crippen LogP contribution < -0.4 is 4.90 Å². The Bertz CT molecular complexity index is 1150. The number of hydrogen-bond acceptors (Lipinski definition) is 3. The number of amides is 2. The van der Waals surface area contributed by atoms with Gasteiger partial charge in [-0.2, -0.15) is 0 Å². The number of aromatic nitrogens is 2. The average molecular weight is 431 g/mol. The second-order valence-corrected chi connectivity index (χ2v) is 9.33. The van der Waals surface area contributed by atoms with E-state index in [-0.39, 0.29) is 17.7 Å². The lowest BCUT2D eigenvalue weighted by atomic mass is 9.95. The molecule has 6 nitrogen and oxygen atoms in total. The molecule has 0 N–H and O–H groups in total. The first-order valence-corrected chi connectivity index (χ1v) is 11.6. The third kappa shape index (κ3) is 3.90. The molecule has 2 amide bonds. The zero-order chi connectivity index (χ0) is 22.2. The van der Waals surface area contributed by atoms with Gasteiger partial charge < -0.3 is 14.4 Å². The molecule has 0 spiro atoms. The molecule has 3 aromatic rings. The highest BCUT2D eigenvalue weighted by Crippen LogP contribution is 2.29. The van der Waals surface area contributed by atoms with Gasteiger partial charge in [0, 0.05) is 38.3 Å². The summed E-state index contributed by atoms with van der Waals surface area (Å²) < 4.78 is 2.26. The van der Waals surface area contributed by atoms with Crippen LogP contribution in [0.1, 0.15) is 30.4 Å². The van der Waals surface area contributed by atoms with Crippen molar-refractivity contribution in [3.63, 3.8) is 0 Å². The number of anilines is 1. The molecule has 0 radical (unpaired) electrons. The monoisotopic (exact) mass is 430 g/mol. The number of imidazole rings is 1. The van der Waals surface area contributed by atoms with Crippen molar-refractivity contribution < 1.29 is 9.59 Å². The minimum absolute atomic E-state index is 0.0435. The Hall–Kier alpha value is -3.15. The van der Waals surface area contributed by atoms with Crippen molar-refractivity contribution in [1.82, 2.24) is 14.5 Å². The lowest BCUT2D eigenvalue weighted by molar-refractivity contribution is -0.137. The molecular formula is C26H30N4O2. The average Bonchev–Trinajstić information content (AvgIpc) is 3.38. The molecule has 2 aromatic carbocycles. The van der Waals surface area contributed by atoms with E-state index < -0.39 is 0 Å². The molecule has 3 heterocycles. The maximum absolute atomic E-state index is 13.1. The van der Waals surface area contributed by atoms with Crippen LogP contribution >= 0.6 is 0 Å². The van der Waals surface area contributed by atoms with Crippen LogP contribution in [0.3, 0.4) is 0 Å². The standard InChI is InChI=1S/C26H30N4O2/c1-18-12-23-24(13-19(18)2)29(17-27-23)15-20-8-10-28(11-9-20)26(32)21-14-25(31)30(16-21)22-6-4-3-5-7-22/h3-7,12-13,17,20-21H,8-11,14-16H2,1-2H3. The first-order valence-electron chi connectivity index (χ1n) is 11.6. The van der Waals surface area contributed by atoms with Gasteiger partial charge in [0.05, 0.1) is 23.3 Å². The number of rotatable bonds is 4. The van der Waals surface area contributed by atoms with Crippen LogP contribution in [0.4, 0.5) is 5.69 Å². The van der Waals surface area contributed by atoms with Gasteiger partial charge in [-0.25, -0.2) is 4.98 Å². The van der Waals surface area contributed by atoms with Gasteiger partial charge in [0.1, 0.15) is 0 Å². The van der Waals surface area contributed by atoms with Gasteiger partial charge in [0.15, 0.2) is 0 Å². The number of hydrogen-bond donors (Lipinski definition) is 0. The number of nitrogens with zero attached hydrogens (tertiary/aromatic N) is 4. The highest BCUT2D eigenvalue weighted by molar-refractivity contribution is 6.00. The van der Waals surface area contributed by atoms with Crippen LogP contribution in [0.5, 0.6) is 0 Å². The number of fused-ring (bicyclic) bond motifs is 1. The Morgan fingerprint density at radius 2 is 1.78 bits per heavy atom. The summed E-state index contributed by atoms with van der Waals surface area (Å²) in [4.78, 5) is 33.9. The van der Waals surface area contributed by atoms with E-state index in [2.05, 4.69) is 35.5 Å². The van der Waals surface area contributed by atoms with E-state index in [1.807, 2.05) is 41.6 Å². The van der Waals surface area contributed by atoms with E-state index >= 15 is 0 Å². The van der Waals surface area contributed by atoms with E-state index in [0.29, 0.717) is 18.9 Å². The first-order chi connectivity index (χ1) is 15.5. The molecule has 1 aromatic heterocycles. The van der Waals surface area contributed by atoms with Crippen LogP contribution in [-0.2, 0) is 16.1 Å². The molecule has 2 aliphatic rings. The van der Waals surface area contributed by atoms with Crippen LogP contribution in [-0.4, -0.2) is 45.9 Å². The summed E-state index contributed by atoms with van der Waals surface area (Å²) >= 11 is 0. The molecule has 2 fully saturated rings. The zero-order valence-electron chi connectivity index (χ0n) is 18.8. The quantitative estimate of drug-likeness (QED) is 0.630. The number of carbonyl (C=O) groups excluding carboxylic acids is 2. The van der Waals surface area contributed by atoms with Gasteiger partial charge in [0.25, 0.3) is 0 Å². The highest BCUT2D eigenvalue weighted by Gasteiger charge is 2.38. The lowest BCUT2D eigenvalue weighted by Gasteiger charge is -2.33. The summed E-state index contributed by atoms with van der Waals surface area (Å²) in [6, 6.07) is 14.0. The van der Waals surface area contributed by atoms with Crippen LogP contribution in [0.15, 0.2) is 48.8 Å². The molecule has 166 valence electrons. The van der Waals surface area contributed by atoms with Crippen LogP contribution in [0.2, 0.25) is 0 Å². The van der Waals surface area contributed by atoms with Gasteiger partial charge in [-0.3, -0.25) is 9.59 Å². The number of carbonyl (C=O) groups is 2. The number of benzene rings is 2. The van der Waals surface area contributed by atoms with Crippen molar-refractivity contribution in [3.05, 3.63) is 59.9 Å². The SMILES string of the molecule is Cc1cc2ncn(CC3CCN(C(=O)C4CC(=O)N(c5ccccc5)C4)CC3)c2cc1C. The summed E-state index contributed by atoms with van der Waals surface area (Å²) in [7, 11) is 0. The van der Waals surface area contributed by atoms with Crippen molar-refractivity contribution in [2.45, 2.75) is 39.7 Å². The van der Waals surface area contributed by atoms with Crippen molar-refractivity contribution in [3.8, 4) is 0 Å². The van der Waals surface area contributed by atoms with Gasteiger partial charge in [-0.1, -0.05) is 18.2 Å². The van der Waals surface area contributed by atoms with Crippen molar-refractivity contribution in [2.75, 3.05) is 24.5 Å². The van der Waals surface area contributed by atoms with E-state index in [0.717, 1.165) is 43.7 Å². The Labute approximate surface area is 188 Å². The fourth-order valence-electron chi connectivity index (χ4n) is 5.06. The molecule has 0 bridgehead atoms. The molecule has 5 rings (SSSR count). The fourth-order valence-corrected chi connectivity index (χ4v) is 5.06. The summed E-state index contributed by atoms with van der Waals surface area (Å²) in [6.45, 7) is 7.22. The van der Waals surface area contributed by atoms with Gasteiger partial charge in [0.2, 0.25) is 11.8 Å². The molecule has 32 heavy (non-hydrogen) atoms. The number of likely N-dealkylation sites (tertiary alicyclic amines) is 1. The molecule has 6 heteroatoms. The summed E-state index contributed by atoms with van der Waals surface area (Å²) in [5.74, 6) is 0.475. The van der Waals surface area contributed by atoms with Crippen LogP contribution in [0.25, 0.3) is 11.0 Å². The second-order valence-electron chi connectivity index (χ2n) is 9.33.